The predicted molar refractivity (Wildman–Crippen MR) is 55.7 cm³/mol. The summed E-state index contributed by atoms with van der Waals surface area (Å²) in [6.45, 7) is 3.93. The third-order valence-corrected chi connectivity index (χ3v) is 3.02. The Labute approximate surface area is 81.8 Å². The van der Waals surface area contributed by atoms with E-state index in [0.29, 0.717) is 0 Å². The van der Waals surface area contributed by atoms with Crippen LogP contribution in [0.25, 0.3) is 0 Å². The van der Waals surface area contributed by atoms with Crippen LogP contribution in [0.1, 0.15) is 51.9 Å². The van der Waals surface area contributed by atoms with E-state index in [1.807, 2.05) is 0 Å². The fourth-order valence-corrected chi connectivity index (χ4v) is 1.94. The van der Waals surface area contributed by atoms with Gasteiger partial charge in [0.15, 0.2) is 0 Å². The summed E-state index contributed by atoms with van der Waals surface area (Å²) in [5.74, 6) is 0. The van der Waals surface area contributed by atoms with Gasteiger partial charge in [-0.2, -0.15) is 0 Å². The molecule has 78 valence electrons. The van der Waals surface area contributed by atoms with Crippen LogP contribution >= 0.6 is 0 Å². The summed E-state index contributed by atoms with van der Waals surface area (Å²) in [5.41, 5.74) is 5.77. The van der Waals surface area contributed by atoms with Crippen LogP contribution in [0.5, 0.6) is 0 Å². The fraction of sp³-hybridized carbons (Fsp3) is 1.00. The molecule has 1 aliphatic rings. The Balaban J connectivity index is 2.09. The Bertz CT molecular complexity index is 132. The van der Waals surface area contributed by atoms with Crippen molar-refractivity contribution in [3.8, 4) is 0 Å². The molecule has 0 radical (unpaired) electrons. The molecule has 0 amide bonds. The van der Waals surface area contributed by atoms with Gasteiger partial charge in [0.2, 0.25) is 0 Å². The van der Waals surface area contributed by atoms with E-state index in [9.17, 15) is 0 Å². The largest absolute Gasteiger partial charge is 0.375 e. The number of hydrogen-bond acceptors (Lipinski definition) is 2. The highest BCUT2D eigenvalue weighted by Gasteiger charge is 2.36. The second kappa shape index (κ2) is 5.61. The first kappa shape index (κ1) is 11.0. The van der Waals surface area contributed by atoms with Crippen molar-refractivity contribution in [2.24, 2.45) is 5.73 Å². The highest BCUT2D eigenvalue weighted by atomic mass is 16.5. The summed E-state index contributed by atoms with van der Waals surface area (Å²) >= 11 is 0. The number of ether oxygens (including phenoxy) is 1. The first-order valence-corrected chi connectivity index (χ1v) is 5.67. The van der Waals surface area contributed by atoms with Crippen molar-refractivity contribution in [1.82, 2.24) is 0 Å². The molecule has 2 N–H and O–H groups in total. The molecule has 0 atom stereocenters. The fourth-order valence-electron chi connectivity index (χ4n) is 1.94. The van der Waals surface area contributed by atoms with Crippen LogP contribution in [0.4, 0.5) is 0 Å². The minimum absolute atomic E-state index is 0.197. The Hall–Kier alpha value is -0.0800. The summed E-state index contributed by atoms with van der Waals surface area (Å²) in [6, 6.07) is 0. The lowest BCUT2D eigenvalue weighted by Gasteiger charge is -2.41. The third kappa shape index (κ3) is 3.28. The lowest BCUT2D eigenvalue weighted by atomic mass is 9.77. The van der Waals surface area contributed by atoms with Crippen LogP contribution in [0.15, 0.2) is 0 Å². The smallest absolute Gasteiger partial charge is 0.0694 e. The first-order valence-electron chi connectivity index (χ1n) is 5.67. The average Bonchev–Trinajstić information content (AvgIpc) is 2.08. The Kier molecular flexibility index (Phi) is 4.74. The van der Waals surface area contributed by atoms with Crippen LogP contribution in [0.2, 0.25) is 0 Å². The highest BCUT2D eigenvalue weighted by Crippen LogP contribution is 2.38. The van der Waals surface area contributed by atoms with Gasteiger partial charge in [-0.3, -0.25) is 0 Å². The van der Waals surface area contributed by atoms with Gasteiger partial charge in [0.05, 0.1) is 5.60 Å². The Morgan fingerprint density at radius 3 is 2.54 bits per heavy atom. The maximum Gasteiger partial charge on any atom is 0.0694 e. The molecule has 13 heavy (non-hydrogen) atoms. The monoisotopic (exact) mass is 185 g/mol. The van der Waals surface area contributed by atoms with Crippen LogP contribution < -0.4 is 5.73 Å². The van der Waals surface area contributed by atoms with Crippen molar-refractivity contribution in [3.05, 3.63) is 0 Å². The van der Waals surface area contributed by atoms with E-state index in [1.54, 1.807) is 0 Å². The van der Waals surface area contributed by atoms with Gasteiger partial charge in [0, 0.05) is 6.61 Å². The highest BCUT2D eigenvalue weighted by molar-refractivity contribution is 4.89. The molecular weight excluding hydrogens is 162 g/mol. The van der Waals surface area contributed by atoms with Gasteiger partial charge in [-0.05, 0) is 38.6 Å². The summed E-state index contributed by atoms with van der Waals surface area (Å²) < 4.78 is 5.93. The molecule has 0 spiro atoms. The molecule has 0 aromatic carbocycles. The van der Waals surface area contributed by atoms with Crippen molar-refractivity contribution >= 4 is 0 Å². The molecule has 1 fully saturated rings. The number of hydrogen-bond donors (Lipinski definition) is 1. The van der Waals surface area contributed by atoms with E-state index >= 15 is 0 Å². The molecule has 0 aromatic heterocycles. The van der Waals surface area contributed by atoms with Crippen LogP contribution in [0, 0.1) is 0 Å². The zero-order chi connectivity index (χ0) is 9.57. The van der Waals surface area contributed by atoms with E-state index < -0.39 is 0 Å². The summed E-state index contributed by atoms with van der Waals surface area (Å²) in [4.78, 5) is 0. The lowest BCUT2D eigenvalue weighted by Crippen LogP contribution is -2.42. The van der Waals surface area contributed by atoms with Crippen LogP contribution in [-0.2, 0) is 4.74 Å². The van der Waals surface area contributed by atoms with E-state index in [0.717, 1.165) is 19.6 Å². The molecule has 0 saturated heterocycles. The second-order valence-electron chi connectivity index (χ2n) is 4.13. The molecular formula is C11H23NO. The van der Waals surface area contributed by atoms with Gasteiger partial charge in [0.1, 0.15) is 0 Å². The molecule has 1 rings (SSSR count). The number of unbranched alkanes of at least 4 members (excludes halogenated alkanes) is 2. The zero-order valence-corrected chi connectivity index (χ0v) is 8.85. The molecule has 2 nitrogen and oxygen atoms in total. The average molecular weight is 185 g/mol. The standard InChI is InChI=1S/C11H23NO/c1-2-3-4-10-13-11(8-9-12)6-5-7-11/h2-10,12H2,1H3. The maximum absolute atomic E-state index is 5.93. The predicted octanol–water partition coefficient (Wildman–Crippen LogP) is 2.46. The van der Waals surface area contributed by atoms with E-state index in [4.69, 9.17) is 10.5 Å². The topological polar surface area (TPSA) is 35.2 Å². The zero-order valence-electron chi connectivity index (χ0n) is 8.85. The quantitative estimate of drug-likeness (QED) is 0.618. The first-order chi connectivity index (χ1) is 6.33. The molecule has 0 unspecified atom stereocenters. The van der Waals surface area contributed by atoms with E-state index in [2.05, 4.69) is 6.92 Å². The maximum atomic E-state index is 5.93. The summed E-state index contributed by atoms with van der Waals surface area (Å²) in [6.07, 6.45) is 8.62. The Morgan fingerprint density at radius 1 is 1.31 bits per heavy atom. The van der Waals surface area contributed by atoms with Gasteiger partial charge < -0.3 is 10.5 Å². The number of rotatable bonds is 7. The molecule has 1 saturated carbocycles. The van der Waals surface area contributed by atoms with Gasteiger partial charge in [-0.1, -0.05) is 19.8 Å². The third-order valence-electron chi connectivity index (χ3n) is 3.02. The molecule has 0 bridgehead atoms. The van der Waals surface area contributed by atoms with Gasteiger partial charge in [0.25, 0.3) is 0 Å². The minimum atomic E-state index is 0.197. The lowest BCUT2D eigenvalue weighted by molar-refractivity contribution is -0.104. The minimum Gasteiger partial charge on any atom is -0.375 e. The molecule has 0 aromatic rings. The molecule has 1 aliphatic carbocycles. The van der Waals surface area contributed by atoms with E-state index in [1.165, 1.54) is 38.5 Å². The van der Waals surface area contributed by atoms with Gasteiger partial charge in [-0.25, -0.2) is 0 Å². The van der Waals surface area contributed by atoms with Crippen LogP contribution in [-0.4, -0.2) is 18.8 Å². The van der Waals surface area contributed by atoms with E-state index in [-0.39, 0.29) is 5.60 Å². The normalized spacial score (nSPS) is 19.8. The van der Waals surface area contributed by atoms with Crippen LogP contribution in [0.3, 0.4) is 0 Å². The SMILES string of the molecule is CCCCCOC1(CCN)CCC1. The van der Waals surface area contributed by atoms with Crippen molar-refractivity contribution in [1.29, 1.82) is 0 Å². The Morgan fingerprint density at radius 2 is 2.08 bits per heavy atom. The summed E-state index contributed by atoms with van der Waals surface area (Å²) in [7, 11) is 0. The molecule has 0 aliphatic heterocycles. The van der Waals surface area contributed by atoms with Crippen molar-refractivity contribution in [3.63, 3.8) is 0 Å². The van der Waals surface area contributed by atoms with Gasteiger partial charge in [-0.15, -0.1) is 0 Å². The number of nitrogens with two attached hydrogens (primary N) is 1. The van der Waals surface area contributed by atoms with Crippen molar-refractivity contribution in [2.45, 2.75) is 57.5 Å². The second-order valence-corrected chi connectivity index (χ2v) is 4.13. The molecule has 0 heterocycles. The summed E-state index contributed by atoms with van der Waals surface area (Å²) in [5, 5.41) is 0. The van der Waals surface area contributed by atoms with Crippen molar-refractivity contribution < 1.29 is 4.74 Å². The van der Waals surface area contributed by atoms with Crippen molar-refractivity contribution in [2.75, 3.05) is 13.2 Å². The molecule has 2 heteroatoms. The van der Waals surface area contributed by atoms with Gasteiger partial charge >= 0.3 is 0 Å².